The molecule has 2 amide bonds. The fourth-order valence-corrected chi connectivity index (χ4v) is 2.78. The summed E-state index contributed by atoms with van der Waals surface area (Å²) in [6.07, 6.45) is 4.93. The molecule has 0 radical (unpaired) electrons. The first-order chi connectivity index (χ1) is 10.3. The molecule has 1 aromatic heterocycles. The van der Waals surface area contributed by atoms with Crippen LogP contribution in [0.1, 0.15) is 73.3 Å². The normalized spacial score (nSPS) is 17.8. The van der Waals surface area contributed by atoms with E-state index in [0.717, 1.165) is 44.3 Å². The Labute approximate surface area is 130 Å². The van der Waals surface area contributed by atoms with Crippen molar-refractivity contribution in [2.45, 2.75) is 71.0 Å². The third kappa shape index (κ3) is 3.15. The predicted molar refractivity (Wildman–Crippen MR) is 82.9 cm³/mol. The summed E-state index contributed by atoms with van der Waals surface area (Å²) < 4.78 is 1.93. The Morgan fingerprint density at radius 1 is 1.18 bits per heavy atom. The lowest BCUT2D eigenvalue weighted by atomic mass is 10.1. The van der Waals surface area contributed by atoms with Crippen molar-refractivity contribution in [2.75, 3.05) is 0 Å². The first-order valence-electron chi connectivity index (χ1n) is 8.08. The van der Waals surface area contributed by atoms with Crippen LogP contribution in [0, 0.1) is 0 Å². The molecule has 1 saturated carbocycles. The summed E-state index contributed by atoms with van der Waals surface area (Å²) in [6.45, 7) is 6.58. The predicted octanol–water partition coefficient (Wildman–Crippen LogP) is 1.64. The Morgan fingerprint density at radius 2 is 1.91 bits per heavy atom. The Kier molecular flexibility index (Phi) is 3.70. The first kappa shape index (κ1) is 15.1. The molecule has 6 nitrogen and oxygen atoms in total. The molecule has 0 spiro atoms. The highest BCUT2D eigenvalue weighted by atomic mass is 16.2. The van der Waals surface area contributed by atoms with Gasteiger partial charge in [-0.25, -0.2) is 4.98 Å². The molecule has 1 fully saturated rings. The molecule has 3 rings (SSSR count). The maximum Gasteiger partial charge on any atom is 0.287 e. The number of aromatic nitrogens is 2. The van der Waals surface area contributed by atoms with Gasteiger partial charge < -0.3 is 15.2 Å². The summed E-state index contributed by atoms with van der Waals surface area (Å²) in [5.74, 6) is 0.0461. The van der Waals surface area contributed by atoms with Gasteiger partial charge in [0.25, 0.3) is 11.8 Å². The standard InChI is InChI=1S/C16H24N4O2/c1-16(2,3)19-14(21)12-11-6-4-5-9-20(11)13(18-12)15(22)17-10-7-8-10/h10H,4-9H2,1-3H3,(H,17,22)(H,19,21). The van der Waals surface area contributed by atoms with E-state index in [9.17, 15) is 9.59 Å². The van der Waals surface area contributed by atoms with Gasteiger partial charge in [0.1, 0.15) is 5.69 Å². The van der Waals surface area contributed by atoms with Crippen molar-refractivity contribution in [1.29, 1.82) is 0 Å². The number of hydrogen-bond acceptors (Lipinski definition) is 3. The third-order valence-corrected chi connectivity index (χ3v) is 3.94. The molecule has 0 saturated heterocycles. The fraction of sp³-hybridized carbons (Fsp3) is 0.688. The summed E-state index contributed by atoms with van der Waals surface area (Å²) in [4.78, 5) is 29.2. The van der Waals surface area contributed by atoms with Crippen LogP contribution < -0.4 is 10.6 Å². The van der Waals surface area contributed by atoms with E-state index in [0.29, 0.717) is 11.5 Å². The van der Waals surface area contributed by atoms with E-state index >= 15 is 0 Å². The molecule has 0 bridgehead atoms. The lowest BCUT2D eigenvalue weighted by Gasteiger charge is -2.21. The quantitative estimate of drug-likeness (QED) is 0.891. The topological polar surface area (TPSA) is 76.0 Å². The van der Waals surface area contributed by atoms with Gasteiger partial charge in [-0.1, -0.05) is 0 Å². The van der Waals surface area contributed by atoms with Crippen LogP contribution in [0.15, 0.2) is 0 Å². The van der Waals surface area contributed by atoms with E-state index in [1.165, 1.54) is 0 Å². The minimum atomic E-state index is -0.321. The fourth-order valence-electron chi connectivity index (χ4n) is 2.78. The smallest absolute Gasteiger partial charge is 0.287 e. The maximum absolute atomic E-state index is 12.5. The summed E-state index contributed by atoms with van der Waals surface area (Å²) in [5, 5.41) is 5.91. The summed E-state index contributed by atoms with van der Waals surface area (Å²) in [5.41, 5.74) is 0.989. The SMILES string of the molecule is CC(C)(C)NC(=O)c1nc(C(=O)NC2CC2)n2c1CCCC2. The van der Waals surface area contributed by atoms with Crippen molar-refractivity contribution < 1.29 is 9.59 Å². The van der Waals surface area contributed by atoms with E-state index in [-0.39, 0.29) is 23.4 Å². The van der Waals surface area contributed by atoms with Crippen LogP contribution in [-0.2, 0) is 13.0 Å². The van der Waals surface area contributed by atoms with Gasteiger partial charge in [-0.3, -0.25) is 9.59 Å². The molecule has 1 aromatic rings. The van der Waals surface area contributed by atoms with Gasteiger partial charge in [-0.2, -0.15) is 0 Å². The molecule has 2 heterocycles. The molecule has 0 unspecified atom stereocenters. The molecule has 1 aliphatic carbocycles. The molecule has 0 aromatic carbocycles. The minimum Gasteiger partial charge on any atom is -0.347 e. The average molecular weight is 304 g/mol. The Hall–Kier alpha value is -1.85. The number of amides is 2. The van der Waals surface area contributed by atoms with Crippen LogP contribution >= 0.6 is 0 Å². The van der Waals surface area contributed by atoms with Crippen molar-refractivity contribution >= 4 is 11.8 Å². The van der Waals surface area contributed by atoms with Crippen LogP contribution in [0.4, 0.5) is 0 Å². The van der Waals surface area contributed by atoms with Gasteiger partial charge in [0.2, 0.25) is 0 Å². The van der Waals surface area contributed by atoms with E-state index in [4.69, 9.17) is 0 Å². The van der Waals surface area contributed by atoms with Gasteiger partial charge in [-0.05, 0) is 52.9 Å². The van der Waals surface area contributed by atoms with Crippen molar-refractivity contribution in [2.24, 2.45) is 0 Å². The van der Waals surface area contributed by atoms with E-state index < -0.39 is 0 Å². The highest BCUT2D eigenvalue weighted by Gasteiger charge is 2.31. The Balaban J connectivity index is 1.91. The van der Waals surface area contributed by atoms with Gasteiger partial charge in [0, 0.05) is 18.1 Å². The monoisotopic (exact) mass is 304 g/mol. The minimum absolute atomic E-state index is 0.152. The second-order valence-corrected chi connectivity index (χ2v) is 7.29. The van der Waals surface area contributed by atoms with Crippen molar-refractivity contribution in [3.8, 4) is 0 Å². The van der Waals surface area contributed by atoms with Gasteiger partial charge in [-0.15, -0.1) is 0 Å². The van der Waals surface area contributed by atoms with Crippen LogP contribution in [0.5, 0.6) is 0 Å². The average Bonchev–Trinajstić information content (AvgIpc) is 3.14. The summed E-state index contributed by atoms with van der Waals surface area (Å²) >= 11 is 0. The molecule has 1 aliphatic heterocycles. The summed E-state index contributed by atoms with van der Waals surface area (Å²) in [6, 6.07) is 0.288. The van der Waals surface area contributed by atoms with Gasteiger partial charge in [0.05, 0.1) is 5.69 Å². The summed E-state index contributed by atoms with van der Waals surface area (Å²) in [7, 11) is 0. The number of fused-ring (bicyclic) bond motifs is 1. The lowest BCUT2D eigenvalue weighted by molar-refractivity contribution is 0.0913. The number of hydrogen-bond donors (Lipinski definition) is 2. The second kappa shape index (κ2) is 5.41. The highest BCUT2D eigenvalue weighted by Crippen LogP contribution is 2.23. The number of carbonyl (C=O) groups is 2. The molecule has 2 N–H and O–H groups in total. The van der Waals surface area contributed by atoms with Crippen molar-refractivity contribution in [3.63, 3.8) is 0 Å². The van der Waals surface area contributed by atoms with Crippen molar-refractivity contribution in [1.82, 2.24) is 20.2 Å². The zero-order chi connectivity index (χ0) is 15.9. The van der Waals surface area contributed by atoms with Gasteiger partial charge in [0.15, 0.2) is 5.82 Å². The number of carbonyl (C=O) groups excluding carboxylic acids is 2. The van der Waals surface area contributed by atoms with E-state index in [1.807, 2.05) is 25.3 Å². The lowest BCUT2D eigenvalue weighted by Crippen LogP contribution is -2.41. The van der Waals surface area contributed by atoms with Crippen LogP contribution in [-0.4, -0.2) is 32.9 Å². The van der Waals surface area contributed by atoms with Gasteiger partial charge >= 0.3 is 0 Å². The molecule has 22 heavy (non-hydrogen) atoms. The second-order valence-electron chi connectivity index (χ2n) is 7.29. The molecular formula is C16H24N4O2. The number of nitrogens with zero attached hydrogens (tertiary/aromatic N) is 2. The van der Waals surface area contributed by atoms with E-state index in [1.54, 1.807) is 0 Å². The molecule has 2 aliphatic rings. The van der Waals surface area contributed by atoms with Crippen LogP contribution in [0.3, 0.4) is 0 Å². The Morgan fingerprint density at radius 3 is 2.55 bits per heavy atom. The maximum atomic E-state index is 12.5. The molecular weight excluding hydrogens is 280 g/mol. The number of nitrogens with one attached hydrogen (secondary N) is 2. The largest absolute Gasteiger partial charge is 0.347 e. The Bertz CT molecular complexity index is 608. The van der Waals surface area contributed by atoms with Crippen molar-refractivity contribution in [3.05, 3.63) is 17.2 Å². The molecule has 6 heteroatoms. The zero-order valence-electron chi connectivity index (χ0n) is 13.5. The van der Waals surface area contributed by atoms with Crippen LogP contribution in [0.25, 0.3) is 0 Å². The third-order valence-electron chi connectivity index (χ3n) is 3.94. The number of rotatable bonds is 3. The first-order valence-corrected chi connectivity index (χ1v) is 8.08. The van der Waals surface area contributed by atoms with Crippen LogP contribution in [0.2, 0.25) is 0 Å². The molecule has 0 atom stereocenters. The highest BCUT2D eigenvalue weighted by molar-refractivity contribution is 5.97. The number of imidazole rings is 1. The molecule has 120 valence electrons. The zero-order valence-corrected chi connectivity index (χ0v) is 13.5. The van der Waals surface area contributed by atoms with E-state index in [2.05, 4.69) is 15.6 Å².